The molecule has 8 heteroatoms. The summed E-state index contributed by atoms with van der Waals surface area (Å²) in [5, 5.41) is 9.45. The molecule has 0 radical (unpaired) electrons. The number of hydrogen-bond donors (Lipinski definition) is 0. The minimum atomic E-state index is -0.581. The number of benzene rings is 8. The molecule has 3 heterocycles. The van der Waals surface area contributed by atoms with Gasteiger partial charge in [0.1, 0.15) is 45.0 Å². The van der Waals surface area contributed by atoms with Crippen LogP contribution in [0.1, 0.15) is 0 Å². The van der Waals surface area contributed by atoms with Gasteiger partial charge in [-0.3, -0.25) is 0 Å². The maximum absolute atomic E-state index is 14.6. The smallest absolute Gasteiger partial charge is 0.343 e. The van der Waals surface area contributed by atoms with Crippen LogP contribution in [0.5, 0.6) is 11.5 Å². The standard InChI is InChI=1S/C50H30O8/c1-53-31-15-21-41-37(25-31)45-35-23-29(13-17-39(35)55-41)49(51)57-43-19-11-27-7-3-5-9-33(27)47(43)48-34-10-6-4-8-28(34)12-20-44(48)58-50(52)30-14-18-40-36(24-30)46(45)38-26-32(54-2)16-22-42(38)56-40/h3-26H,1-2H3. The molecule has 3 aromatic heterocycles. The van der Waals surface area contributed by atoms with Gasteiger partial charge in [0.05, 0.1) is 25.0 Å². The summed E-state index contributed by atoms with van der Waals surface area (Å²) in [7, 11) is 3.21. The second-order valence-electron chi connectivity index (χ2n) is 14.2. The second-order valence-corrected chi connectivity index (χ2v) is 14.2. The molecule has 0 saturated carbocycles. The molecule has 0 aliphatic carbocycles. The molecule has 0 saturated heterocycles. The lowest BCUT2D eigenvalue weighted by molar-refractivity contribution is 0.415. The van der Waals surface area contributed by atoms with Crippen molar-refractivity contribution in [1.82, 2.24) is 0 Å². The van der Waals surface area contributed by atoms with E-state index in [9.17, 15) is 9.59 Å². The number of rotatable bonds is 2. The molecular formula is C50H30O8. The van der Waals surface area contributed by atoms with E-state index < -0.39 is 11.3 Å². The Morgan fingerprint density at radius 2 is 0.690 bits per heavy atom. The van der Waals surface area contributed by atoms with Crippen LogP contribution in [0, 0.1) is 0 Å². The molecule has 4 bridgehead atoms. The summed E-state index contributed by atoms with van der Waals surface area (Å²) in [5.41, 5.74) is 1.67. The Balaban J connectivity index is 1.49. The molecule has 11 rings (SSSR count). The van der Waals surface area contributed by atoms with Gasteiger partial charge in [0.2, 0.25) is 0 Å². The number of fused-ring (bicyclic) bond motifs is 14. The molecule has 278 valence electrons. The summed E-state index contributed by atoms with van der Waals surface area (Å²) >= 11 is 0. The Labute approximate surface area is 327 Å². The maximum atomic E-state index is 14.6. The Morgan fingerprint density at radius 1 is 0.328 bits per heavy atom. The normalized spacial score (nSPS) is 11.8. The van der Waals surface area contributed by atoms with E-state index in [0.29, 0.717) is 88.1 Å². The van der Waals surface area contributed by atoms with Crippen LogP contribution < -0.4 is 20.7 Å². The first-order chi connectivity index (χ1) is 28.4. The number of ether oxygens (including phenoxy) is 2. The van der Waals surface area contributed by atoms with Crippen molar-refractivity contribution in [3.8, 4) is 11.5 Å². The van der Waals surface area contributed by atoms with Gasteiger partial charge in [-0.1, -0.05) is 60.7 Å². The molecular weight excluding hydrogens is 729 g/mol. The van der Waals surface area contributed by atoms with Gasteiger partial charge in [-0.15, -0.1) is 0 Å². The molecule has 0 aliphatic heterocycles. The fraction of sp³-hybridized carbons (Fsp3) is 0.0400. The summed E-state index contributed by atoms with van der Waals surface area (Å²) in [6.07, 6.45) is 0. The van der Waals surface area contributed by atoms with Crippen LogP contribution in [0.4, 0.5) is 0 Å². The van der Waals surface area contributed by atoms with Crippen molar-refractivity contribution >= 4 is 109 Å². The first kappa shape index (κ1) is 33.5. The van der Waals surface area contributed by atoms with Gasteiger partial charge in [-0.05, 0) is 106 Å². The van der Waals surface area contributed by atoms with Crippen LogP contribution in [0.25, 0.3) is 109 Å². The fourth-order valence-corrected chi connectivity index (χ4v) is 8.30. The van der Waals surface area contributed by atoms with E-state index in [1.54, 1.807) is 62.8 Å². The predicted octanol–water partition coefficient (Wildman–Crippen LogP) is 12.6. The molecule has 8 aromatic carbocycles. The Morgan fingerprint density at radius 3 is 1.12 bits per heavy atom. The molecule has 0 spiro atoms. The Kier molecular flexibility index (Phi) is 7.43. The van der Waals surface area contributed by atoms with Crippen LogP contribution in [-0.4, -0.2) is 14.2 Å². The summed E-state index contributed by atoms with van der Waals surface area (Å²) in [6, 6.07) is 44.9. The quantitative estimate of drug-likeness (QED) is 0.160. The van der Waals surface area contributed by atoms with Crippen molar-refractivity contribution in [2.24, 2.45) is 0 Å². The van der Waals surface area contributed by atoms with Crippen molar-refractivity contribution < 1.29 is 27.1 Å². The summed E-state index contributed by atoms with van der Waals surface area (Å²) in [4.78, 5) is 29.2. The largest absolute Gasteiger partial charge is 0.497 e. The molecule has 0 unspecified atom stereocenters. The second kappa shape index (κ2) is 12.9. The van der Waals surface area contributed by atoms with E-state index >= 15 is 0 Å². The molecule has 8 nitrogen and oxygen atoms in total. The lowest BCUT2D eigenvalue weighted by atomic mass is 9.97. The van der Waals surface area contributed by atoms with Crippen LogP contribution in [0.2, 0.25) is 0 Å². The highest BCUT2D eigenvalue weighted by Crippen LogP contribution is 2.42. The van der Waals surface area contributed by atoms with E-state index in [-0.39, 0.29) is 0 Å². The zero-order valence-electron chi connectivity index (χ0n) is 31.1. The Hall–Kier alpha value is -7.84. The summed E-state index contributed by atoms with van der Waals surface area (Å²) in [5.74, 6) is 1.21. The monoisotopic (exact) mass is 758 g/mol. The topological polar surface area (TPSA) is 105 Å². The van der Waals surface area contributed by atoms with Gasteiger partial charge in [0, 0.05) is 43.1 Å². The maximum Gasteiger partial charge on any atom is 0.343 e. The van der Waals surface area contributed by atoms with E-state index in [0.717, 1.165) is 32.3 Å². The highest BCUT2D eigenvalue weighted by atomic mass is 16.5. The summed E-state index contributed by atoms with van der Waals surface area (Å²) < 4.78 is 37.4. The van der Waals surface area contributed by atoms with Gasteiger partial charge < -0.3 is 27.1 Å². The average molecular weight is 759 g/mol. The highest BCUT2D eigenvalue weighted by Gasteiger charge is 2.17. The van der Waals surface area contributed by atoms with Crippen molar-refractivity contribution in [3.05, 3.63) is 166 Å². The molecule has 0 N–H and O–H groups in total. The van der Waals surface area contributed by atoms with Gasteiger partial charge in [0.15, 0.2) is 0 Å². The first-order valence-corrected chi connectivity index (χ1v) is 18.7. The van der Waals surface area contributed by atoms with Crippen LogP contribution >= 0.6 is 0 Å². The minimum absolute atomic E-state index is 0.300. The van der Waals surface area contributed by atoms with Gasteiger partial charge >= 0.3 is 11.3 Å². The molecule has 0 fully saturated rings. The highest BCUT2D eigenvalue weighted by molar-refractivity contribution is 6.30. The summed E-state index contributed by atoms with van der Waals surface area (Å²) in [6.45, 7) is 0. The molecule has 0 aliphatic rings. The van der Waals surface area contributed by atoms with Gasteiger partial charge in [-0.2, -0.15) is 0 Å². The SMILES string of the molecule is COc1ccc2oc3ccc4cc3c(c2c1)c1c2cc(OC)ccc2oc2ccc(cc21)c(=O)oc1ccc2ccccc2c1c1c(ccc2ccccc21)oc4=O. The van der Waals surface area contributed by atoms with Crippen molar-refractivity contribution in [2.45, 2.75) is 0 Å². The lowest BCUT2D eigenvalue weighted by Crippen LogP contribution is -1.97. The zero-order valence-corrected chi connectivity index (χ0v) is 31.1. The lowest BCUT2D eigenvalue weighted by Gasteiger charge is -2.13. The molecule has 11 aromatic rings. The van der Waals surface area contributed by atoms with E-state index in [1.807, 2.05) is 97.1 Å². The van der Waals surface area contributed by atoms with Crippen LogP contribution in [0.3, 0.4) is 0 Å². The van der Waals surface area contributed by atoms with Crippen molar-refractivity contribution in [1.29, 1.82) is 0 Å². The van der Waals surface area contributed by atoms with Crippen LogP contribution in [0.15, 0.2) is 173 Å². The Bertz CT molecular complexity index is 3580. The molecule has 58 heavy (non-hydrogen) atoms. The van der Waals surface area contributed by atoms with Gasteiger partial charge in [0.25, 0.3) is 0 Å². The molecule has 0 atom stereocenters. The zero-order chi connectivity index (χ0) is 39.1. The third-order valence-corrected chi connectivity index (χ3v) is 11.0. The van der Waals surface area contributed by atoms with Crippen molar-refractivity contribution in [3.63, 3.8) is 0 Å². The van der Waals surface area contributed by atoms with Gasteiger partial charge in [-0.25, -0.2) is 9.59 Å². The third-order valence-electron chi connectivity index (χ3n) is 11.0. The first-order valence-electron chi connectivity index (χ1n) is 18.7. The van der Waals surface area contributed by atoms with Crippen molar-refractivity contribution in [2.75, 3.05) is 14.2 Å². The van der Waals surface area contributed by atoms with E-state index in [4.69, 9.17) is 27.1 Å². The van der Waals surface area contributed by atoms with E-state index in [2.05, 4.69) is 0 Å². The third kappa shape index (κ3) is 5.15. The predicted molar refractivity (Wildman–Crippen MR) is 231 cm³/mol. The average Bonchev–Trinajstić information content (AvgIpc) is 3.26. The minimum Gasteiger partial charge on any atom is -0.497 e. The fourth-order valence-electron chi connectivity index (χ4n) is 8.30. The number of hydrogen-bond acceptors (Lipinski definition) is 8. The van der Waals surface area contributed by atoms with Crippen LogP contribution in [-0.2, 0) is 0 Å². The molecule has 0 amide bonds. The number of methoxy groups -OCH3 is 2. The van der Waals surface area contributed by atoms with E-state index in [1.165, 1.54) is 0 Å².